The van der Waals surface area contributed by atoms with E-state index in [9.17, 15) is 9.59 Å². The van der Waals surface area contributed by atoms with Crippen molar-refractivity contribution < 1.29 is 23.2 Å². The van der Waals surface area contributed by atoms with Gasteiger partial charge in [-0.25, -0.2) is 0 Å². The molecule has 1 aliphatic heterocycles. The average molecular weight is 407 g/mol. The SMILES string of the molecule is CC(=O)[C@@H]1CC(C/C(C)=C/c2cc(CO[Si](C)(C)C(C)(C)C)c(C)o2)OC1=O. The molecule has 0 radical (unpaired) electrons. The van der Waals surface area contributed by atoms with Crippen LogP contribution in [0.1, 0.15) is 64.5 Å². The minimum absolute atomic E-state index is 0.123. The highest BCUT2D eigenvalue weighted by Crippen LogP contribution is 2.37. The summed E-state index contributed by atoms with van der Waals surface area (Å²) >= 11 is 0. The fraction of sp³-hybridized carbons (Fsp3) is 0.636. The van der Waals surface area contributed by atoms with Gasteiger partial charge in [-0.3, -0.25) is 9.59 Å². The Bertz CT molecular complexity index is 766. The van der Waals surface area contributed by atoms with Crippen LogP contribution in [0.4, 0.5) is 0 Å². The third kappa shape index (κ3) is 5.45. The maximum atomic E-state index is 11.7. The third-order valence-corrected chi connectivity index (χ3v) is 10.4. The van der Waals surface area contributed by atoms with Gasteiger partial charge in [0.05, 0.1) is 6.61 Å². The van der Waals surface area contributed by atoms with Gasteiger partial charge >= 0.3 is 5.97 Å². The Hall–Kier alpha value is -1.66. The lowest BCUT2D eigenvalue weighted by molar-refractivity contribution is -0.146. The van der Waals surface area contributed by atoms with Gasteiger partial charge in [0.25, 0.3) is 0 Å². The van der Waals surface area contributed by atoms with Crippen molar-refractivity contribution in [3.63, 3.8) is 0 Å². The van der Waals surface area contributed by atoms with Crippen molar-refractivity contribution in [1.29, 1.82) is 0 Å². The van der Waals surface area contributed by atoms with Crippen molar-refractivity contribution >= 4 is 26.1 Å². The first kappa shape index (κ1) is 22.6. The van der Waals surface area contributed by atoms with Crippen molar-refractivity contribution in [2.24, 2.45) is 5.92 Å². The molecule has 1 unspecified atom stereocenters. The Balaban J connectivity index is 2.00. The second-order valence-corrected chi connectivity index (χ2v) is 14.2. The topological polar surface area (TPSA) is 65.7 Å². The molecule has 2 atom stereocenters. The van der Waals surface area contributed by atoms with Gasteiger partial charge in [-0.05, 0) is 51.0 Å². The number of aryl methyl sites for hydroxylation is 1. The third-order valence-electron chi connectivity index (χ3n) is 5.93. The van der Waals surface area contributed by atoms with Crippen LogP contribution in [0.2, 0.25) is 18.1 Å². The molecule has 0 aliphatic carbocycles. The lowest BCUT2D eigenvalue weighted by Gasteiger charge is -2.36. The Morgan fingerprint density at radius 3 is 2.50 bits per heavy atom. The first-order valence-corrected chi connectivity index (χ1v) is 12.8. The summed E-state index contributed by atoms with van der Waals surface area (Å²) in [7, 11) is -1.81. The van der Waals surface area contributed by atoms with Crippen LogP contribution in [0.3, 0.4) is 0 Å². The number of hydrogen-bond donors (Lipinski definition) is 0. The highest BCUT2D eigenvalue weighted by molar-refractivity contribution is 6.74. The summed E-state index contributed by atoms with van der Waals surface area (Å²) in [6.07, 6.45) is 2.79. The predicted octanol–water partition coefficient (Wildman–Crippen LogP) is 5.42. The molecule has 2 rings (SSSR count). The van der Waals surface area contributed by atoms with Crippen molar-refractivity contribution in [2.75, 3.05) is 0 Å². The molecule has 2 heterocycles. The van der Waals surface area contributed by atoms with Gasteiger partial charge in [0.2, 0.25) is 0 Å². The first-order chi connectivity index (χ1) is 12.8. The Morgan fingerprint density at radius 2 is 1.96 bits per heavy atom. The van der Waals surface area contributed by atoms with Crippen LogP contribution in [0.5, 0.6) is 0 Å². The van der Waals surface area contributed by atoms with Crippen LogP contribution in [-0.2, 0) is 25.4 Å². The van der Waals surface area contributed by atoms with E-state index in [-0.39, 0.29) is 16.9 Å². The Morgan fingerprint density at radius 1 is 1.32 bits per heavy atom. The fourth-order valence-electron chi connectivity index (χ4n) is 3.01. The quantitative estimate of drug-likeness (QED) is 0.343. The molecule has 1 aromatic rings. The summed E-state index contributed by atoms with van der Waals surface area (Å²) in [4.78, 5) is 23.2. The van der Waals surface area contributed by atoms with E-state index in [1.54, 1.807) is 0 Å². The van der Waals surface area contributed by atoms with Gasteiger partial charge in [-0.1, -0.05) is 26.3 Å². The molecular weight excluding hydrogens is 372 g/mol. The molecule has 1 aromatic heterocycles. The molecule has 156 valence electrons. The number of furan rings is 1. The molecular formula is C22H34O5Si. The summed E-state index contributed by atoms with van der Waals surface area (Å²) in [5.74, 6) is 0.507. The number of carbonyl (C=O) groups excluding carboxylic acids is 2. The van der Waals surface area contributed by atoms with Gasteiger partial charge in [-0.2, -0.15) is 0 Å². The summed E-state index contributed by atoms with van der Waals surface area (Å²) < 4.78 is 17.5. The monoisotopic (exact) mass is 406 g/mol. The van der Waals surface area contributed by atoms with E-state index in [1.165, 1.54) is 6.92 Å². The normalized spacial score (nSPS) is 21.1. The number of ether oxygens (including phenoxy) is 1. The van der Waals surface area contributed by atoms with Crippen LogP contribution in [0, 0.1) is 12.8 Å². The Labute approximate surface area is 169 Å². The fourth-order valence-corrected chi connectivity index (χ4v) is 3.96. The summed E-state index contributed by atoms with van der Waals surface area (Å²) in [6, 6.07) is 2.02. The minimum atomic E-state index is -1.81. The maximum Gasteiger partial charge on any atom is 0.316 e. The zero-order valence-electron chi connectivity index (χ0n) is 18.5. The summed E-state index contributed by atoms with van der Waals surface area (Å²) in [6.45, 7) is 17.1. The lowest BCUT2D eigenvalue weighted by Crippen LogP contribution is -2.40. The van der Waals surface area contributed by atoms with E-state index >= 15 is 0 Å². The van der Waals surface area contributed by atoms with Gasteiger partial charge < -0.3 is 13.6 Å². The van der Waals surface area contributed by atoms with Gasteiger partial charge in [0.1, 0.15) is 29.3 Å². The predicted molar refractivity (Wildman–Crippen MR) is 112 cm³/mol. The first-order valence-electron chi connectivity index (χ1n) is 9.91. The van der Waals surface area contributed by atoms with Gasteiger partial charge in [-0.15, -0.1) is 0 Å². The van der Waals surface area contributed by atoms with E-state index < -0.39 is 20.2 Å². The molecule has 0 spiro atoms. The molecule has 1 aliphatic rings. The second-order valence-electron chi connectivity index (χ2n) is 9.43. The van der Waals surface area contributed by atoms with E-state index in [4.69, 9.17) is 13.6 Å². The number of Topliss-reactive ketones (excluding diaryl/α,β-unsaturated/α-hetero) is 1. The molecule has 1 fully saturated rings. The average Bonchev–Trinajstić information content (AvgIpc) is 3.06. The summed E-state index contributed by atoms with van der Waals surface area (Å²) in [5, 5.41) is 0.167. The number of carbonyl (C=O) groups is 2. The summed E-state index contributed by atoms with van der Waals surface area (Å²) in [5.41, 5.74) is 2.11. The number of esters is 1. The molecule has 0 aromatic carbocycles. The van der Waals surface area contributed by atoms with Crippen molar-refractivity contribution in [1.82, 2.24) is 0 Å². The smallest absolute Gasteiger partial charge is 0.316 e. The van der Waals surface area contributed by atoms with Crippen molar-refractivity contribution in [3.8, 4) is 0 Å². The largest absolute Gasteiger partial charge is 0.462 e. The molecule has 5 nitrogen and oxygen atoms in total. The molecule has 0 amide bonds. The van der Waals surface area contributed by atoms with Crippen molar-refractivity contribution in [2.45, 2.75) is 85.2 Å². The van der Waals surface area contributed by atoms with Crippen LogP contribution in [0.15, 0.2) is 16.1 Å². The number of cyclic esters (lactones) is 1. The highest BCUT2D eigenvalue weighted by atomic mass is 28.4. The van der Waals surface area contributed by atoms with Crippen LogP contribution in [-0.4, -0.2) is 26.2 Å². The van der Waals surface area contributed by atoms with Gasteiger partial charge in [0.15, 0.2) is 8.32 Å². The van der Waals surface area contributed by atoms with Crippen LogP contribution in [0.25, 0.3) is 6.08 Å². The molecule has 6 heteroatoms. The van der Waals surface area contributed by atoms with E-state index in [0.29, 0.717) is 19.4 Å². The maximum absolute atomic E-state index is 11.7. The zero-order chi connectivity index (χ0) is 21.3. The Kier molecular flexibility index (Phi) is 6.76. The number of ketones is 1. The molecule has 1 saturated heterocycles. The van der Waals surface area contributed by atoms with Crippen LogP contribution >= 0.6 is 0 Å². The van der Waals surface area contributed by atoms with Crippen molar-refractivity contribution in [3.05, 3.63) is 28.7 Å². The number of rotatable bonds is 7. The highest BCUT2D eigenvalue weighted by Gasteiger charge is 2.38. The van der Waals surface area contributed by atoms with E-state index in [0.717, 1.165) is 22.7 Å². The second kappa shape index (κ2) is 8.37. The molecule has 28 heavy (non-hydrogen) atoms. The van der Waals surface area contributed by atoms with Crippen LogP contribution < -0.4 is 0 Å². The minimum Gasteiger partial charge on any atom is -0.462 e. The van der Waals surface area contributed by atoms with E-state index in [2.05, 4.69) is 33.9 Å². The van der Waals surface area contributed by atoms with E-state index in [1.807, 2.05) is 26.0 Å². The van der Waals surface area contributed by atoms with Gasteiger partial charge in [0, 0.05) is 18.4 Å². The zero-order valence-corrected chi connectivity index (χ0v) is 19.5. The molecule has 0 bridgehead atoms. The molecule has 0 saturated carbocycles. The lowest BCUT2D eigenvalue weighted by atomic mass is 9.98. The number of hydrogen-bond acceptors (Lipinski definition) is 5. The molecule has 0 N–H and O–H groups in total. The standard InChI is InChI=1S/C22H34O5Si/c1-14(10-19-12-20(15(2)23)21(24)27-19)9-18-11-17(16(3)26-18)13-25-28(7,8)22(4,5)6/h9,11,19-20H,10,12-13H2,1-8H3/b14-9+/t19?,20-/m0/s1.